The van der Waals surface area contributed by atoms with Crippen molar-refractivity contribution in [1.29, 1.82) is 0 Å². The molecule has 4 heteroatoms. The average molecular weight is 224 g/mol. The number of hydrogen-bond donors (Lipinski definition) is 2. The zero-order chi connectivity index (χ0) is 12.0. The van der Waals surface area contributed by atoms with E-state index in [2.05, 4.69) is 5.32 Å². The predicted molar refractivity (Wildman–Crippen MR) is 67.0 cm³/mol. The molecule has 1 aromatic rings. The quantitative estimate of drug-likeness (QED) is 0.574. The van der Waals surface area contributed by atoms with Crippen molar-refractivity contribution in [3.05, 3.63) is 18.2 Å². The van der Waals surface area contributed by atoms with Gasteiger partial charge in [-0.05, 0) is 26.0 Å². The third kappa shape index (κ3) is 3.98. The molecule has 0 saturated heterocycles. The maximum absolute atomic E-state index is 5.83. The minimum Gasteiger partial charge on any atom is -0.497 e. The lowest BCUT2D eigenvalue weighted by Gasteiger charge is -2.12. The Kier molecular flexibility index (Phi) is 4.92. The molecule has 0 spiro atoms. The summed E-state index contributed by atoms with van der Waals surface area (Å²) in [6.07, 6.45) is 0.254. The van der Waals surface area contributed by atoms with E-state index in [9.17, 15) is 0 Å². The van der Waals surface area contributed by atoms with E-state index in [1.165, 1.54) is 0 Å². The summed E-state index contributed by atoms with van der Waals surface area (Å²) in [4.78, 5) is 0. The van der Waals surface area contributed by atoms with Gasteiger partial charge in [-0.2, -0.15) is 0 Å². The van der Waals surface area contributed by atoms with Crippen LogP contribution in [0, 0.1) is 0 Å². The molecule has 0 atom stereocenters. The minimum absolute atomic E-state index is 0.254. The third-order valence-corrected chi connectivity index (χ3v) is 2.13. The second-order valence-corrected chi connectivity index (χ2v) is 3.80. The van der Waals surface area contributed by atoms with Gasteiger partial charge in [-0.1, -0.05) is 0 Å². The summed E-state index contributed by atoms with van der Waals surface area (Å²) < 4.78 is 10.6. The minimum atomic E-state index is 0.254. The Bertz CT molecular complexity index is 327. The van der Waals surface area contributed by atoms with E-state index in [0.717, 1.165) is 18.0 Å². The van der Waals surface area contributed by atoms with Gasteiger partial charge in [0.25, 0.3) is 0 Å². The first kappa shape index (κ1) is 12.6. The van der Waals surface area contributed by atoms with Gasteiger partial charge in [-0.25, -0.2) is 0 Å². The number of ether oxygens (including phenoxy) is 2. The first-order valence-corrected chi connectivity index (χ1v) is 5.42. The van der Waals surface area contributed by atoms with Crippen molar-refractivity contribution in [1.82, 2.24) is 0 Å². The van der Waals surface area contributed by atoms with Crippen LogP contribution in [0.5, 0.6) is 5.75 Å². The van der Waals surface area contributed by atoms with Crippen LogP contribution in [-0.2, 0) is 4.74 Å². The summed E-state index contributed by atoms with van der Waals surface area (Å²) in [6, 6.07) is 5.54. The van der Waals surface area contributed by atoms with Crippen molar-refractivity contribution < 1.29 is 9.47 Å². The van der Waals surface area contributed by atoms with Crippen molar-refractivity contribution in [2.75, 3.05) is 31.3 Å². The summed E-state index contributed by atoms with van der Waals surface area (Å²) >= 11 is 0. The standard InChI is InChI=1S/C12H20N2O2/c1-9(2)16-7-6-14-12-8-10(15-3)4-5-11(12)13/h4-5,8-9,14H,6-7,13H2,1-3H3. The monoisotopic (exact) mass is 224 g/mol. The van der Waals surface area contributed by atoms with Crippen molar-refractivity contribution >= 4 is 11.4 Å². The van der Waals surface area contributed by atoms with E-state index >= 15 is 0 Å². The molecule has 0 amide bonds. The molecule has 0 aliphatic rings. The fourth-order valence-corrected chi connectivity index (χ4v) is 1.30. The summed E-state index contributed by atoms with van der Waals surface area (Å²) in [5.41, 5.74) is 7.42. The van der Waals surface area contributed by atoms with Gasteiger partial charge in [0.05, 0.1) is 31.2 Å². The summed E-state index contributed by atoms with van der Waals surface area (Å²) in [5.74, 6) is 0.793. The molecule has 4 nitrogen and oxygen atoms in total. The van der Waals surface area contributed by atoms with E-state index in [0.29, 0.717) is 12.3 Å². The average Bonchev–Trinajstić information content (AvgIpc) is 2.26. The van der Waals surface area contributed by atoms with Crippen LogP contribution in [0.4, 0.5) is 11.4 Å². The highest BCUT2D eigenvalue weighted by molar-refractivity contribution is 5.68. The van der Waals surface area contributed by atoms with Gasteiger partial charge >= 0.3 is 0 Å². The lowest BCUT2D eigenvalue weighted by atomic mass is 10.2. The molecule has 0 bridgehead atoms. The molecular formula is C12H20N2O2. The molecule has 0 heterocycles. The van der Waals surface area contributed by atoms with E-state index in [4.69, 9.17) is 15.2 Å². The first-order chi connectivity index (χ1) is 7.63. The van der Waals surface area contributed by atoms with Crippen LogP contribution in [0.3, 0.4) is 0 Å². The highest BCUT2D eigenvalue weighted by atomic mass is 16.5. The number of methoxy groups -OCH3 is 1. The summed E-state index contributed by atoms with van der Waals surface area (Å²) in [7, 11) is 1.64. The van der Waals surface area contributed by atoms with Crippen molar-refractivity contribution in [3.8, 4) is 5.75 Å². The van der Waals surface area contributed by atoms with Crippen LogP contribution >= 0.6 is 0 Å². The van der Waals surface area contributed by atoms with Crippen molar-refractivity contribution in [3.63, 3.8) is 0 Å². The fraction of sp³-hybridized carbons (Fsp3) is 0.500. The molecular weight excluding hydrogens is 204 g/mol. The normalized spacial score (nSPS) is 10.5. The van der Waals surface area contributed by atoms with E-state index < -0.39 is 0 Å². The highest BCUT2D eigenvalue weighted by Crippen LogP contribution is 2.23. The topological polar surface area (TPSA) is 56.5 Å². The molecule has 0 unspecified atom stereocenters. The van der Waals surface area contributed by atoms with E-state index in [1.54, 1.807) is 7.11 Å². The second-order valence-electron chi connectivity index (χ2n) is 3.80. The van der Waals surface area contributed by atoms with Gasteiger partial charge in [-0.3, -0.25) is 0 Å². The Hall–Kier alpha value is -1.42. The first-order valence-electron chi connectivity index (χ1n) is 5.42. The number of anilines is 2. The van der Waals surface area contributed by atoms with Gasteiger partial charge < -0.3 is 20.5 Å². The molecule has 3 N–H and O–H groups in total. The largest absolute Gasteiger partial charge is 0.497 e. The van der Waals surface area contributed by atoms with Crippen molar-refractivity contribution in [2.45, 2.75) is 20.0 Å². The SMILES string of the molecule is COc1ccc(N)c(NCCOC(C)C)c1. The maximum Gasteiger partial charge on any atom is 0.121 e. The van der Waals surface area contributed by atoms with Crippen LogP contribution in [0.15, 0.2) is 18.2 Å². The number of nitrogens with two attached hydrogens (primary N) is 1. The lowest BCUT2D eigenvalue weighted by Crippen LogP contribution is -2.13. The molecule has 0 aromatic heterocycles. The Morgan fingerprint density at radius 2 is 2.12 bits per heavy atom. The van der Waals surface area contributed by atoms with Crippen LogP contribution in [0.1, 0.15) is 13.8 Å². The lowest BCUT2D eigenvalue weighted by molar-refractivity contribution is 0.0870. The Morgan fingerprint density at radius 3 is 2.75 bits per heavy atom. The van der Waals surface area contributed by atoms with Gasteiger partial charge in [0.15, 0.2) is 0 Å². The summed E-state index contributed by atoms with van der Waals surface area (Å²) in [5, 5.41) is 3.21. The Morgan fingerprint density at radius 1 is 1.38 bits per heavy atom. The van der Waals surface area contributed by atoms with Crippen LogP contribution in [-0.4, -0.2) is 26.4 Å². The Labute approximate surface area is 96.7 Å². The van der Waals surface area contributed by atoms with Crippen LogP contribution < -0.4 is 15.8 Å². The smallest absolute Gasteiger partial charge is 0.121 e. The number of nitrogen functional groups attached to an aromatic ring is 1. The zero-order valence-corrected chi connectivity index (χ0v) is 10.1. The third-order valence-electron chi connectivity index (χ3n) is 2.13. The molecule has 0 saturated carbocycles. The van der Waals surface area contributed by atoms with Crippen LogP contribution in [0.2, 0.25) is 0 Å². The fourth-order valence-electron chi connectivity index (χ4n) is 1.30. The van der Waals surface area contributed by atoms with E-state index in [1.807, 2.05) is 32.0 Å². The van der Waals surface area contributed by atoms with Gasteiger partial charge in [0, 0.05) is 12.6 Å². The predicted octanol–water partition coefficient (Wildman–Crippen LogP) is 2.11. The molecule has 16 heavy (non-hydrogen) atoms. The van der Waals surface area contributed by atoms with Gasteiger partial charge in [0.2, 0.25) is 0 Å². The molecule has 0 fully saturated rings. The second kappa shape index (κ2) is 6.23. The molecule has 0 aliphatic carbocycles. The summed E-state index contributed by atoms with van der Waals surface area (Å²) in [6.45, 7) is 5.42. The molecule has 1 rings (SSSR count). The van der Waals surface area contributed by atoms with Gasteiger partial charge in [-0.15, -0.1) is 0 Å². The number of hydrogen-bond acceptors (Lipinski definition) is 4. The highest BCUT2D eigenvalue weighted by Gasteiger charge is 2.01. The Balaban J connectivity index is 2.46. The molecule has 0 radical (unpaired) electrons. The molecule has 90 valence electrons. The number of nitrogens with one attached hydrogen (secondary N) is 1. The van der Waals surface area contributed by atoms with Crippen LogP contribution in [0.25, 0.3) is 0 Å². The molecule has 0 aliphatic heterocycles. The molecule has 1 aromatic carbocycles. The maximum atomic E-state index is 5.83. The number of benzene rings is 1. The van der Waals surface area contributed by atoms with Crippen molar-refractivity contribution in [2.24, 2.45) is 0 Å². The zero-order valence-electron chi connectivity index (χ0n) is 10.1. The number of rotatable bonds is 6. The van der Waals surface area contributed by atoms with Gasteiger partial charge in [0.1, 0.15) is 5.75 Å². The van der Waals surface area contributed by atoms with E-state index in [-0.39, 0.29) is 6.10 Å².